The van der Waals surface area contributed by atoms with E-state index in [-0.39, 0.29) is 17.9 Å². The third kappa shape index (κ3) is 7.16. The number of alkyl carbamates (subject to hydrolysis) is 1. The van der Waals surface area contributed by atoms with Crippen LogP contribution in [-0.4, -0.2) is 56.5 Å². The maximum atomic E-state index is 13.6. The van der Waals surface area contributed by atoms with Crippen LogP contribution in [0.2, 0.25) is 0 Å². The molecule has 2 fully saturated rings. The van der Waals surface area contributed by atoms with Crippen molar-refractivity contribution in [1.82, 2.24) is 30.2 Å². The molecule has 2 aromatic heterocycles. The van der Waals surface area contributed by atoms with Gasteiger partial charge in [0.15, 0.2) is 0 Å². The van der Waals surface area contributed by atoms with Crippen LogP contribution in [0.5, 0.6) is 0 Å². The minimum atomic E-state index is -0.684. The van der Waals surface area contributed by atoms with Crippen molar-refractivity contribution in [2.45, 2.75) is 77.3 Å². The van der Waals surface area contributed by atoms with Crippen LogP contribution in [0.4, 0.5) is 4.79 Å². The maximum absolute atomic E-state index is 13.6. The van der Waals surface area contributed by atoms with Gasteiger partial charge in [-0.25, -0.2) is 14.8 Å². The fourth-order valence-electron chi connectivity index (χ4n) is 6.80. The van der Waals surface area contributed by atoms with Gasteiger partial charge in [0.05, 0.1) is 31.2 Å². The van der Waals surface area contributed by atoms with Crippen molar-refractivity contribution in [3.63, 3.8) is 0 Å². The highest BCUT2D eigenvalue weighted by Crippen LogP contribution is 2.35. The summed E-state index contributed by atoms with van der Waals surface area (Å²) in [6, 6.07) is 13.6. The Morgan fingerprint density at radius 3 is 2.44 bits per heavy atom. The van der Waals surface area contributed by atoms with Gasteiger partial charge in [0.2, 0.25) is 5.91 Å². The molecule has 4 aromatic rings. The molecule has 1 aliphatic heterocycles. The van der Waals surface area contributed by atoms with Crippen LogP contribution in [0.25, 0.3) is 22.4 Å². The Balaban J connectivity index is 1.26. The molecule has 48 heavy (non-hydrogen) atoms. The summed E-state index contributed by atoms with van der Waals surface area (Å²) < 4.78 is 4.77. The molecule has 0 spiro atoms. The van der Waals surface area contributed by atoms with Crippen LogP contribution < -0.4 is 5.32 Å². The largest absolute Gasteiger partial charge is 0.453 e. The molecular weight excluding hydrogens is 600 g/mol. The summed E-state index contributed by atoms with van der Waals surface area (Å²) in [5.41, 5.74) is 6.62. The quantitative estimate of drug-likeness (QED) is 0.190. The van der Waals surface area contributed by atoms with Gasteiger partial charge in [-0.1, -0.05) is 62.9 Å². The van der Waals surface area contributed by atoms with E-state index in [4.69, 9.17) is 9.72 Å². The van der Waals surface area contributed by atoms with Crippen molar-refractivity contribution >= 4 is 12.0 Å². The lowest BCUT2D eigenvalue weighted by Crippen LogP contribution is -2.51. The summed E-state index contributed by atoms with van der Waals surface area (Å²) in [5.74, 6) is 14.6. The van der Waals surface area contributed by atoms with Gasteiger partial charge < -0.3 is 24.9 Å². The highest BCUT2D eigenvalue weighted by Gasteiger charge is 2.37. The Labute approximate surface area is 282 Å². The standard InChI is InChI=1S/C39H42N6O3/c1-25(2)35(44-39(47)48-4)38(46)45-20-12-19-34(45)37-41-24-33(43-37)29-21-26(3)31(32(22-29)27-13-6-5-7-14-27)18-11-10-17-30-23-40-36(42-30)28-15-8-9-16-28/h5-7,13-14,21-25,28,34-35H,8-9,12,15-16,19-20H2,1-4H3,(H,40,42)(H,41,43)(H,44,47)/t34-,35-/m0/s1. The molecule has 2 aromatic carbocycles. The average molecular weight is 643 g/mol. The van der Waals surface area contributed by atoms with Gasteiger partial charge in [0, 0.05) is 23.6 Å². The number of aromatic nitrogens is 4. The molecule has 2 amide bonds. The number of benzene rings is 2. The number of ether oxygens (including phenoxy) is 1. The first-order valence-electron chi connectivity index (χ1n) is 16.8. The second kappa shape index (κ2) is 14.6. The predicted molar refractivity (Wildman–Crippen MR) is 186 cm³/mol. The van der Waals surface area contributed by atoms with Gasteiger partial charge in [-0.05, 0) is 85.1 Å². The topological polar surface area (TPSA) is 116 Å². The predicted octanol–water partition coefficient (Wildman–Crippen LogP) is 6.88. The molecule has 246 valence electrons. The van der Waals surface area contributed by atoms with E-state index < -0.39 is 12.1 Å². The SMILES string of the molecule is COC(=O)N[C@H](C(=O)N1CCC[C@H]1c1ncc(-c2cc(C)c(C#CC#Cc3cnc(C4CCCC4)[nH]3)c(-c3ccccc3)c2)[nH]1)C(C)C. The lowest BCUT2D eigenvalue weighted by molar-refractivity contribution is -0.135. The zero-order valence-corrected chi connectivity index (χ0v) is 28.0. The molecule has 1 saturated carbocycles. The van der Waals surface area contributed by atoms with Crippen molar-refractivity contribution in [3.05, 3.63) is 83.3 Å². The molecule has 0 bridgehead atoms. The summed E-state index contributed by atoms with van der Waals surface area (Å²) >= 11 is 0. The Kier molecular flexibility index (Phi) is 9.96. The van der Waals surface area contributed by atoms with E-state index in [0.29, 0.717) is 12.5 Å². The molecule has 6 rings (SSSR count). The smallest absolute Gasteiger partial charge is 0.407 e. The first-order valence-corrected chi connectivity index (χ1v) is 16.8. The monoisotopic (exact) mass is 642 g/mol. The molecule has 9 heteroatoms. The number of methoxy groups -OCH3 is 1. The van der Waals surface area contributed by atoms with Gasteiger partial charge in [-0.15, -0.1) is 0 Å². The molecule has 2 atom stereocenters. The van der Waals surface area contributed by atoms with E-state index in [0.717, 1.165) is 63.7 Å². The number of rotatable bonds is 7. The molecule has 9 nitrogen and oxygen atoms in total. The highest BCUT2D eigenvalue weighted by molar-refractivity contribution is 5.86. The van der Waals surface area contributed by atoms with Crippen LogP contribution in [0.1, 0.15) is 92.8 Å². The number of nitrogens with zero attached hydrogens (tertiary/aromatic N) is 3. The normalized spacial score (nSPS) is 16.6. The lowest BCUT2D eigenvalue weighted by Gasteiger charge is -2.30. The average Bonchev–Trinajstić information content (AvgIpc) is 3.93. The van der Waals surface area contributed by atoms with Gasteiger partial charge in [0.1, 0.15) is 23.4 Å². The van der Waals surface area contributed by atoms with E-state index in [9.17, 15) is 9.59 Å². The molecule has 0 unspecified atom stereocenters. The third-order valence-corrected chi connectivity index (χ3v) is 9.35. The van der Waals surface area contributed by atoms with Gasteiger partial charge in [-0.3, -0.25) is 4.79 Å². The third-order valence-electron chi connectivity index (χ3n) is 9.35. The Hall–Kier alpha value is -5.28. The number of carbonyl (C=O) groups excluding carboxylic acids is 2. The summed E-state index contributed by atoms with van der Waals surface area (Å²) in [6.07, 6.45) is 9.55. The fourth-order valence-corrected chi connectivity index (χ4v) is 6.80. The number of aromatic amines is 2. The van der Waals surface area contributed by atoms with Crippen molar-refractivity contribution in [2.75, 3.05) is 13.7 Å². The number of aryl methyl sites for hydroxylation is 1. The Bertz CT molecular complexity index is 1900. The summed E-state index contributed by atoms with van der Waals surface area (Å²) in [7, 11) is 1.30. The number of carbonyl (C=O) groups is 2. The van der Waals surface area contributed by atoms with Crippen LogP contribution >= 0.6 is 0 Å². The van der Waals surface area contributed by atoms with Crippen molar-refractivity contribution in [2.24, 2.45) is 5.92 Å². The van der Waals surface area contributed by atoms with E-state index in [1.807, 2.05) is 43.1 Å². The molecular formula is C39H42N6O3. The summed E-state index contributed by atoms with van der Waals surface area (Å²) in [5, 5.41) is 2.71. The number of amides is 2. The molecule has 1 saturated heterocycles. The summed E-state index contributed by atoms with van der Waals surface area (Å²) in [6.45, 7) is 6.48. The number of likely N-dealkylation sites (tertiary alicyclic amines) is 1. The number of H-pyrrole nitrogens is 2. The van der Waals surface area contributed by atoms with E-state index >= 15 is 0 Å². The Morgan fingerprint density at radius 2 is 1.69 bits per heavy atom. The number of nitrogens with one attached hydrogen (secondary N) is 3. The first-order chi connectivity index (χ1) is 23.3. The van der Waals surface area contributed by atoms with Crippen LogP contribution in [-0.2, 0) is 9.53 Å². The van der Waals surface area contributed by atoms with Gasteiger partial charge >= 0.3 is 6.09 Å². The molecule has 2 aliphatic rings. The Morgan fingerprint density at radius 1 is 0.938 bits per heavy atom. The van der Waals surface area contributed by atoms with Crippen molar-refractivity contribution in [3.8, 4) is 46.1 Å². The minimum Gasteiger partial charge on any atom is -0.453 e. The van der Waals surface area contributed by atoms with E-state index in [2.05, 4.69) is 75.1 Å². The molecule has 3 heterocycles. The second-order valence-corrected chi connectivity index (χ2v) is 13.0. The first kappa shape index (κ1) is 32.7. The second-order valence-electron chi connectivity index (χ2n) is 13.0. The van der Waals surface area contributed by atoms with Crippen LogP contribution in [0.15, 0.2) is 54.9 Å². The van der Waals surface area contributed by atoms with E-state index in [1.54, 1.807) is 6.20 Å². The molecule has 0 radical (unpaired) electrons. The lowest BCUT2D eigenvalue weighted by atomic mass is 9.93. The van der Waals surface area contributed by atoms with Crippen molar-refractivity contribution < 1.29 is 14.3 Å². The van der Waals surface area contributed by atoms with Gasteiger partial charge in [-0.2, -0.15) is 0 Å². The summed E-state index contributed by atoms with van der Waals surface area (Å²) in [4.78, 5) is 43.6. The minimum absolute atomic E-state index is 0.100. The zero-order valence-electron chi connectivity index (χ0n) is 28.0. The van der Waals surface area contributed by atoms with Crippen LogP contribution in [0, 0.1) is 36.5 Å². The van der Waals surface area contributed by atoms with Crippen molar-refractivity contribution in [1.29, 1.82) is 0 Å². The number of hydrogen-bond acceptors (Lipinski definition) is 5. The molecule has 1 aliphatic carbocycles. The highest BCUT2D eigenvalue weighted by atomic mass is 16.5. The maximum Gasteiger partial charge on any atom is 0.407 e. The fraction of sp³-hybridized carbons (Fsp3) is 0.385. The number of imidazole rings is 2. The van der Waals surface area contributed by atoms with Crippen LogP contribution in [0.3, 0.4) is 0 Å². The molecule has 3 N–H and O–H groups in total. The number of hydrogen-bond donors (Lipinski definition) is 3. The van der Waals surface area contributed by atoms with E-state index in [1.165, 1.54) is 32.8 Å². The zero-order chi connectivity index (χ0) is 33.6. The van der Waals surface area contributed by atoms with Gasteiger partial charge in [0.25, 0.3) is 0 Å².